The molecule has 6 heteroatoms. The number of rotatable bonds is 4. The molecule has 0 aliphatic carbocycles. The molecule has 0 fully saturated rings. The molecule has 0 atom stereocenters. The molecule has 0 bridgehead atoms. The van der Waals surface area contributed by atoms with Crippen molar-refractivity contribution in [3.05, 3.63) is 95.3 Å². The summed E-state index contributed by atoms with van der Waals surface area (Å²) in [7, 11) is 0. The van der Waals surface area contributed by atoms with Gasteiger partial charge in [0.25, 0.3) is 5.91 Å². The summed E-state index contributed by atoms with van der Waals surface area (Å²) in [4.78, 5) is 30.7. The molecule has 0 radical (unpaired) electrons. The van der Waals surface area contributed by atoms with Crippen molar-refractivity contribution in [1.29, 1.82) is 0 Å². The minimum absolute atomic E-state index is 0.00758. The predicted molar refractivity (Wildman–Crippen MR) is 111 cm³/mol. The van der Waals surface area contributed by atoms with Gasteiger partial charge in [0.05, 0.1) is 0 Å². The molecule has 2 aromatic carbocycles. The quantitative estimate of drug-likeness (QED) is 0.719. The van der Waals surface area contributed by atoms with Gasteiger partial charge in [-0.1, -0.05) is 24.3 Å². The van der Waals surface area contributed by atoms with Crippen LogP contribution < -0.4 is 10.6 Å². The third kappa shape index (κ3) is 4.60. The van der Waals surface area contributed by atoms with Crippen molar-refractivity contribution in [3.63, 3.8) is 0 Å². The molecule has 1 aromatic heterocycles. The van der Waals surface area contributed by atoms with Gasteiger partial charge < -0.3 is 15.5 Å². The van der Waals surface area contributed by atoms with E-state index in [2.05, 4.69) is 27.8 Å². The van der Waals surface area contributed by atoms with Gasteiger partial charge >= 0.3 is 6.03 Å². The molecule has 2 heterocycles. The number of carbonyl (C=O) groups is 2. The zero-order valence-corrected chi connectivity index (χ0v) is 16.0. The van der Waals surface area contributed by atoms with Crippen LogP contribution in [0.4, 0.5) is 10.5 Å². The highest BCUT2D eigenvalue weighted by Gasteiger charge is 2.21. The summed E-state index contributed by atoms with van der Waals surface area (Å²) in [5.74, 6) is 0.00758. The third-order valence-corrected chi connectivity index (χ3v) is 5.01. The van der Waals surface area contributed by atoms with Crippen molar-refractivity contribution in [2.24, 2.45) is 0 Å². The maximum absolute atomic E-state index is 12.8. The minimum Gasteiger partial charge on any atom is -0.334 e. The second kappa shape index (κ2) is 8.56. The maximum Gasteiger partial charge on any atom is 0.319 e. The van der Waals surface area contributed by atoms with Gasteiger partial charge in [-0.25, -0.2) is 4.79 Å². The number of amides is 3. The summed E-state index contributed by atoms with van der Waals surface area (Å²) in [6, 6.07) is 18.6. The Balaban J connectivity index is 1.33. The van der Waals surface area contributed by atoms with Crippen LogP contribution in [0.5, 0.6) is 0 Å². The maximum atomic E-state index is 12.8. The number of pyridine rings is 1. The molecule has 1 aliphatic heterocycles. The van der Waals surface area contributed by atoms with Crippen LogP contribution >= 0.6 is 0 Å². The van der Waals surface area contributed by atoms with Crippen LogP contribution in [0.25, 0.3) is 0 Å². The van der Waals surface area contributed by atoms with E-state index in [0.717, 1.165) is 12.0 Å². The van der Waals surface area contributed by atoms with Crippen LogP contribution in [-0.2, 0) is 19.5 Å². The Kier molecular flexibility index (Phi) is 5.52. The van der Waals surface area contributed by atoms with E-state index < -0.39 is 0 Å². The molecule has 3 aromatic rings. The van der Waals surface area contributed by atoms with E-state index in [-0.39, 0.29) is 11.9 Å². The van der Waals surface area contributed by atoms with Gasteiger partial charge in [0.15, 0.2) is 0 Å². The zero-order chi connectivity index (χ0) is 20.1. The van der Waals surface area contributed by atoms with Crippen LogP contribution in [-0.4, -0.2) is 28.4 Å². The fraction of sp³-hybridized carbons (Fsp3) is 0.174. The third-order valence-electron chi connectivity index (χ3n) is 5.01. The number of urea groups is 1. The molecule has 1 aliphatic rings. The molecule has 2 N–H and O–H groups in total. The van der Waals surface area contributed by atoms with Gasteiger partial charge in [-0.2, -0.15) is 0 Å². The first-order chi connectivity index (χ1) is 14.2. The molecule has 0 spiro atoms. The monoisotopic (exact) mass is 386 g/mol. The fourth-order valence-electron chi connectivity index (χ4n) is 3.41. The first-order valence-electron chi connectivity index (χ1n) is 9.59. The van der Waals surface area contributed by atoms with Crippen LogP contribution in [0.3, 0.4) is 0 Å². The number of carbonyl (C=O) groups excluding carboxylic acids is 2. The van der Waals surface area contributed by atoms with E-state index in [4.69, 9.17) is 0 Å². The zero-order valence-electron chi connectivity index (χ0n) is 16.0. The van der Waals surface area contributed by atoms with E-state index >= 15 is 0 Å². The Hall–Kier alpha value is -3.67. The summed E-state index contributed by atoms with van der Waals surface area (Å²) in [6.45, 7) is 1.76. The molecular formula is C23H22N4O2. The summed E-state index contributed by atoms with van der Waals surface area (Å²) in [5.41, 5.74) is 4.74. The number of hydrogen-bond acceptors (Lipinski definition) is 3. The van der Waals surface area contributed by atoms with Gasteiger partial charge in [0.1, 0.15) is 0 Å². The molecule has 0 unspecified atom stereocenters. The minimum atomic E-state index is -0.298. The average Bonchev–Trinajstić information content (AvgIpc) is 2.78. The van der Waals surface area contributed by atoms with Crippen LogP contribution in [0, 0.1) is 0 Å². The largest absolute Gasteiger partial charge is 0.334 e. The molecular weight excluding hydrogens is 364 g/mol. The normalized spacial score (nSPS) is 12.8. The summed E-state index contributed by atoms with van der Waals surface area (Å²) in [5, 5.41) is 5.57. The smallest absolute Gasteiger partial charge is 0.319 e. The van der Waals surface area contributed by atoms with E-state index in [1.807, 2.05) is 29.2 Å². The number of hydrogen-bond donors (Lipinski definition) is 2. The molecule has 6 nitrogen and oxygen atoms in total. The Morgan fingerprint density at radius 1 is 0.931 bits per heavy atom. The second-order valence-electron chi connectivity index (χ2n) is 6.99. The average molecular weight is 386 g/mol. The van der Waals surface area contributed by atoms with Crippen molar-refractivity contribution < 1.29 is 9.59 Å². The van der Waals surface area contributed by atoms with Crippen LogP contribution in [0.15, 0.2) is 73.1 Å². The number of aromatic nitrogens is 1. The lowest BCUT2D eigenvalue weighted by Gasteiger charge is -2.29. The predicted octanol–water partition coefficient (Wildman–Crippen LogP) is 3.60. The standard InChI is InChI=1S/C23H22N4O2/c28-22(27-14-11-18-3-1-2-4-20(18)16-27)19-5-7-21(8-6-19)26-23(29)25-15-17-9-12-24-13-10-17/h1-10,12-13H,11,14-16H2,(H2,25,26,29). The first-order valence-corrected chi connectivity index (χ1v) is 9.59. The van der Waals surface area contributed by atoms with E-state index in [0.29, 0.717) is 30.9 Å². The number of benzene rings is 2. The highest BCUT2D eigenvalue weighted by molar-refractivity contribution is 5.95. The number of fused-ring (bicyclic) bond motifs is 1. The number of nitrogens with one attached hydrogen (secondary N) is 2. The van der Waals surface area contributed by atoms with E-state index in [9.17, 15) is 9.59 Å². The lowest BCUT2D eigenvalue weighted by atomic mass is 9.99. The Morgan fingerprint density at radius 3 is 2.41 bits per heavy atom. The van der Waals surface area contributed by atoms with Crippen molar-refractivity contribution in [2.45, 2.75) is 19.5 Å². The number of anilines is 1. The fourth-order valence-corrected chi connectivity index (χ4v) is 3.41. The van der Waals surface area contributed by atoms with Crippen molar-refractivity contribution in [2.75, 3.05) is 11.9 Å². The molecule has 0 saturated heterocycles. The van der Waals surface area contributed by atoms with E-state index in [1.54, 1.807) is 36.7 Å². The van der Waals surface area contributed by atoms with Gasteiger partial charge in [-0.15, -0.1) is 0 Å². The first kappa shape index (κ1) is 18.7. The molecule has 3 amide bonds. The topological polar surface area (TPSA) is 74.3 Å². The Labute approximate surface area is 169 Å². The van der Waals surface area contributed by atoms with Crippen LogP contribution in [0.1, 0.15) is 27.0 Å². The summed E-state index contributed by atoms with van der Waals surface area (Å²) >= 11 is 0. The molecule has 0 saturated carbocycles. The summed E-state index contributed by atoms with van der Waals surface area (Å²) in [6.07, 6.45) is 4.25. The van der Waals surface area contributed by atoms with Crippen molar-refractivity contribution in [1.82, 2.24) is 15.2 Å². The van der Waals surface area contributed by atoms with Crippen LogP contribution in [0.2, 0.25) is 0 Å². The highest BCUT2D eigenvalue weighted by atomic mass is 16.2. The Morgan fingerprint density at radius 2 is 1.66 bits per heavy atom. The SMILES string of the molecule is O=C(NCc1ccncc1)Nc1ccc(C(=O)N2CCc3ccccc3C2)cc1. The highest BCUT2D eigenvalue weighted by Crippen LogP contribution is 2.21. The lowest BCUT2D eigenvalue weighted by Crippen LogP contribution is -2.35. The van der Waals surface area contributed by atoms with Gasteiger partial charge in [0.2, 0.25) is 0 Å². The summed E-state index contributed by atoms with van der Waals surface area (Å²) < 4.78 is 0. The molecule has 29 heavy (non-hydrogen) atoms. The molecule has 146 valence electrons. The van der Waals surface area contributed by atoms with Crippen molar-refractivity contribution >= 4 is 17.6 Å². The lowest BCUT2D eigenvalue weighted by molar-refractivity contribution is 0.0734. The van der Waals surface area contributed by atoms with E-state index in [1.165, 1.54) is 11.1 Å². The Bertz CT molecular complexity index is 1000. The second-order valence-corrected chi connectivity index (χ2v) is 6.99. The molecule has 4 rings (SSSR count). The number of nitrogens with zero attached hydrogens (tertiary/aromatic N) is 2. The van der Waals surface area contributed by atoms with Gasteiger partial charge in [-0.05, 0) is 59.5 Å². The van der Waals surface area contributed by atoms with Gasteiger partial charge in [-0.3, -0.25) is 9.78 Å². The van der Waals surface area contributed by atoms with Crippen molar-refractivity contribution in [3.8, 4) is 0 Å². The van der Waals surface area contributed by atoms with Gasteiger partial charge in [0, 0.05) is 43.3 Å².